The fraction of sp³-hybridized carbons (Fsp3) is 0.391. The van der Waals surface area contributed by atoms with Gasteiger partial charge in [0.1, 0.15) is 18.3 Å². The molecule has 0 aromatic heterocycles. The fourth-order valence-electron chi connectivity index (χ4n) is 3.98. The number of nitrogens with zero attached hydrogens (tertiary/aromatic N) is 1. The van der Waals surface area contributed by atoms with E-state index in [-0.39, 0.29) is 29.9 Å². The third-order valence-corrected chi connectivity index (χ3v) is 5.39. The zero-order valence-corrected chi connectivity index (χ0v) is 16.8. The molecular weight excluding hydrogens is 368 g/mol. The molecule has 152 valence electrons. The Morgan fingerprint density at radius 1 is 1.03 bits per heavy atom. The van der Waals surface area contributed by atoms with Gasteiger partial charge in [0.25, 0.3) is 5.91 Å². The largest absolute Gasteiger partial charge is 0.492 e. The first-order chi connectivity index (χ1) is 14.0. The van der Waals surface area contributed by atoms with E-state index in [0.717, 1.165) is 16.9 Å². The average molecular weight is 394 g/mol. The molecule has 0 bridgehead atoms. The number of hydrogen-bond acceptors (Lipinski definition) is 4. The highest BCUT2D eigenvalue weighted by molar-refractivity contribution is 5.94. The van der Waals surface area contributed by atoms with E-state index in [1.165, 1.54) is 0 Å². The van der Waals surface area contributed by atoms with Crippen molar-refractivity contribution >= 4 is 11.8 Å². The lowest BCUT2D eigenvalue weighted by Gasteiger charge is -2.35. The number of carbonyl (C=O) groups excluding carboxylic acids is 2. The first-order valence-corrected chi connectivity index (χ1v) is 10.0. The third-order valence-electron chi connectivity index (χ3n) is 5.39. The predicted octanol–water partition coefficient (Wildman–Crippen LogP) is 2.73. The van der Waals surface area contributed by atoms with Gasteiger partial charge in [0.2, 0.25) is 5.91 Å². The van der Waals surface area contributed by atoms with E-state index in [9.17, 15) is 9.59 Å². The second-order valence-electron chi connectivity index (χ2n) is 7.78. The summed E-state index contributed by atoms with van der Waals surface area (Å²) in [6.45, 7) is 5.95. The van der Waals surface area contributed by atoms with Crippen molar-refractivity contribution in [1.82, 2.24) is 10.2 Å². The predicted molar refractivity (Wildman–Crippen MR) is 109 cm³/mol. The molecule has 29 heavy (non-hydrogen) atoms. The molecule has 3 unspecified atom stereocenters. The normalized spacial score (nSPS) is 23.2. The minimum atomic E-state index is -0.280. The van der Waals surface area contributed by atoms with Crippen LogP contribution in [0.3, 0.4) is 0 Å². The molecule has 2 aliphatic rings. The topological polar surface area (TPSA) is 67.9 Å². The van der Waals surface area contributed by atoms with Crippen molar-refractivity contribution in [3.63, 3.8) is 0 Å². The molecule has 6 heteroatoms. The van der Waals surface area contributed by atoms with Crippen molar-refractivity contribution in [3.05, 3.63) is 65.2 Å². The number of ether oxygens (including phenoxy) is 2. The molecule has 0 saturated carbocycles. The number of amides is 2. The maximum atomic E-state index is 12.7. The summed E-state index contributed by atoms with van der Waals surface area (Å²) < 4.78 is 11.3. The summed E-state index contributed by atoms with van der Waals surface area (Å²) in [6.07, 6.45) is 0.0868. The average Bonchev–Trinajstić information content (AvgIpc) is 3.15. The lowest BCUT2D eigenvalue weighted by Crippen LogP contribution is -2.48. The van der Waals surface area contributed by atoms with Crippen molar-refractivity contribution in [2.75, 3.05) is 19.7 Å². The van der Waals surface area contributed by atoms with Crippen LogP contribution in [0.4, 0.5) is 0 Å². The van der Waals surface area contributed by atoms with Gasteiger partial charge < -0.3 is 19.7 Å². The Morgan fingerprint density at radius 3 is 2.45 bits per heavy atom. The number of nitrogens with one attached hydrogen (secondary N) is 1. The molecule has 2 aromatic carbocycles. The van der Waals surface area contributed by atoms with Crippen LogP contribution in [0.5, 0.6) is 5.75 Å². The molecule has 2 aliphatic heterocycles. The van der Waals surface area contributed by atoms with Crippen molar-refractivity contribution < 1.29 is 19.1 Å². The van der Waals surface area contributed by atoms with Crippen LogP contribution in [0.1, 0.15) is 41.3 Å². The second kappa shape index (κ2) is 8.25. The summed E-state index contributed by atoms with van der Waals surface area (Å²) in [4.78, 5) is 27.1. The zero-order valence-electron chi connectivity index (χ0n) is 16.8. The van der Waals surface area contributed by atoms with Gasteiger partial charge in [0, 0.05) is 30.8 Å². The van der Waals surface area contributed by atoms with E-state index in [1.807, 2.05) is 67.3 Å². The van der Waals surface area contributed by atoms with Gasteiger partial charge in [-0.15, -0.1) is 0 Å². The van der Waals surface area contributed by atoms with Crippen molar-refractivity contribution in [2.24, 2.45) is 0 Å². The molecule has 1 saturated heterocycles. The Hall–Kier alpha value is -2.86. The van der Waals surface area contributed by atoms with E-state index < -0.39 is 0 Å². The molecule has 0 aliphatic carbocycles. The molecule has 4 rings (SSSR count). The highest BCUT2D eigenvalue weighted by atomic mass is 16.5. The maximum Gasteiger partial charge on any atom is 0.254 e. The van der Waals surface area contributed by atoms with Crippen molar-refractivity contribution in [1.29, 1.82) is 0 Å². The maximum absolute atomic E-state index is 12.7. The highest BCUT2D eigenvalue weighted by Crippen LogP contribution is 2.33. The molecule has 2 aromatic rings. The zero-order chi connectivity index (χ0) is 20.4. The van der Waals surface area contributed by atoms with Crippen LogP contribution >= 0.6 is 0 Å². The lowest BCUT2D eigenvalue weighted by molar-refractivity contribution is -0.122. The molecule has 1 N–H and O–H groups in total. The molecule has 2 amide bonds. The van der Waals surface area contributed by atoms with Gasteiger partial charge in [-0.2, -0.15) is 0 Å². The van der Waals surface area contributed by atoms with Crippen LogP contribution in [0, 0.1) is 0 Å². The number of para-hydroxylation sites is 1. The Labute approximate surface area is 170 Å². The summed E-state index contributed by atoms with van der Waals surface area (Å²) >= 11 is 0. The van der Waals surface area contributed by atoms with E-state index in [0.29, 0.717) is 31.8 Å². The van der Waals surface area contributed by atoms with Gasteiger partial charge >= 0.3 is 0 Å². The van der Waals surface area contributed by atoms with E-state index in [1.54, 1.807) is 0 Å². The highest BCUT2D eigenvalue weighted by Gasteiger charge is 2.30. The molecular formula is C23H26N2O4. The Bertz CT molecular complexity index is 886. The standard InChI is InChI=1S/C23H26N2O4/c1-15-12-25(13-16(2)29-15)23(27)18-9-7-17(8-10-18)11-24-22(26)20-14-28-21-6-4-3-5-19(20)21/h3-10,15-16,20H,11-14H2,1-2H3,(H,24,26). The van der Waals surface area contributed by atoms with E-state index in [4.69, 9.17) is 9.47 Å². The van der Waals surface area contributed by atoms with Gasteiger partial charge in [-0.25, -0.2) is 0 Å². The summed E-state index contributed by atoms with van der Waals surface area (Å²) in [5, 5.41) is 2.97. The fourth-order valence-corrected chi connectivity index (χ4v) is 3.98. The number of morpholine rings is 1. The van der Waals surface area contributed by atoms with Gasteiger partial charge in [0.15, 0.2) is 0 Å². The number of rotatable bonds is 4. The SMILES string of the molecule is CC1CN(C(=O)c2ccc(CNC(=O)C3COc4ccccc43)cc2)CC(C)O1. The van der Waals surface area contributed by atoms with Crippen LogP contribution in [0.15, 0.2) is 48.5 Å². The summed E-state index contributed by atoms with van der Waals surface area (Å²) in [6, 6.07) is 15.1. The number of fused-ring (bicyclic) bond motifs is 1. The number of hydrogen-bond donors (Lipinski definition) is 1. The minimum absolute atomic E-state index is 0.0160. The Kier molecular flexibility index (Phi) is 5.53. The van der Waals surface area contributed by atoms with Crippen LogP contribution in [-0.2, 0) is 16.1 Å². The third kappa shape index (κ3) is 4.27. The molecule has 0 spiro atoms. The Balaban J connectivity index is 1.34. The molecule has 0 radical (unpaired) electrons. The van der Waals surface area contributed by atoms with Crippen molar-refractivity contribution in [3.8, 4) is 5.75 Å². The van der Waals surface area contributed by atoms with Gasteiger partial charge in [-0.1, -0.05) is 30.3 Å². The quantitative estimate of drug-likeness (QED) is 0.866. The van der Waals surface area contributed by atoms with Gasteiger partial charge in [-0.05, 0) is 37.6 Å². The summed E-state index contributed by atoms with van der Waals surface area (Å²) in [5.74, 6) is 0.466. The Morgan fingerprint density at radius 2 is 1.72 bits per heavy atom. The van der Waals surface area contributed by atoms with E-state index >= 15 is 0 Å². The first kappa shape index (κ1) is 19.5. The van der Waals surface area contributed by atoms with Crippen molar-refractivity contribution in [2.45, 2.75) is 38.5 Å². The van der Waals surface area contributed by atoms with Gasteiger partial charge in [0.05, 0.1) is 12.2 Å². The molecule has 3 atom stereocenters. The number of carbonyl (C=O) groups is 2. The summed E-state index contributed by atoms with van der Waals surface area (Å²) in [7, 11) is 0. The monoisotopic (exact) mass is 394 g/mol. The van der Waals surface area contributed by atoms with E-state index in [2.05, 4.69) is 5.32 Å². The minimum Gasteiger partial charge on any atom is -0.492 e. The smallest absolute Gasteiger partial charge is 0.254 e. The van der Waals surface area contributed by atoms with Crippen LogP contribution in [0.2, 0.25) is 0 Å². The van der Waals surface area contributed by atoms with Gasteiger partial charge in [-0.3, -0.25) is 9.59 Å². The summed E-state index contributed by atoms with van der Waals surface area (Å²) in [5.41, 5.74) is 2.53. The number of benzene rings is 2. The molecule has 6 nitrogen and oxygen atoms in total. The van der Waals surface area contributed by atoms with Crippen LogP contribution in [0.25, 0.3) is 0 Å². The first-order valence-electron chi connectivity index (χ1n) is 10.0. The van der Waals surface area contributed by atoms with Crippen LogP contribution in [-0.4, -0.2) is 48.6 Å². The lowest BCUT2D eigenvalue weighted by atomic mass is 10.0. The molecule has 2 heterocycles. The molecule has 1 fully saturated rings. The van der Waals surface area contributed by atoms with Crippen LogP contribution < -0.4 is 10.1 Å². The second-order valence-corrected chi connectivity index (χ2v) is 7.78.